The Hall–Kier alpha value is -3.29. The zero-order chi connectivity index (χ0) is 22.7. The van der Waals surface area contributed by atoms with E-state index in [1.807, 2.05) is 29.2 Å². The van der Waals surface area contributed by atoms with E-state index in [9.17, 15) is 0 Å². The monoisotopic (exact) mass is 489 g/mol. The molecule has 0 spiro atoms. The number of hydrogen-bond acceptors (Lipinski definition) is 9. The van der Waals surface area contributed by atoms with Gasteiger partial charge in [0.15, 0.2) is 10.2 Å². The van der Waals surface area contributed by atoms with Crippen LogP contribution < -0.4 is 32.5 Å². The summed E-state index contributed by atoms with van der Waals surface area (Å²) in [6, 6.07) is 7.77. The Labute approximate surface area is 199 Å². The third-order valence-electron chi connectivity index (χ3n) is 4.76. The average molecular weight is 490 g/mol. The zero-order valence-corrected chi connectivity index (χ0v) is 19.1. The summed E-state index contributed by atoms with van der Waals surface area (Å²) < 4.78 is 0. The van der Waals surface area contributed by atoms with Gasteiger partial charge in [-0.3, -0.25) is 15.8 Å². The minimum Gasteiger partial charge on any atom is -0.375 e. The average Bonchev–Trinajstić information content (AvgIpc) is 2.77. The SMILES string of the molecule is NC(=S)NNc1nc(N)nc(NC(=S)N2CCN(c3ccnc4cc(Cl)ccc34)CC2)n1. The van der Waals surface area contributed by atoms with Gasteiger partial charge in [-0.1, -0.05) is 11.6 Å². The number of nitrogens with one attached hydrogen (secondary N) is 3. The summed E-state index contributed by atoms with van der Waals surface area (Å²) in [7, 11) is 0. The van der Waals surface area contributed by atoms with E-state index in [1.54, 1.807) is 6.20 Å². The molecule has 0 radical (unpaired) electrons. The molecule has 0 aliphatic carbocycles. The van der Waals surface area contributed by atoms with E-state index in [0.717, 1.165) is 42.8 Å². The lowest BCUT2D eigenvalue weighted by Crippen LogP contribution is -2.50. The second-order valence-electron chi connectivity index (χ2n) is 6.85. The van der Waals surface area contributed by atoms with E-state index < -0.39 is 0 Å². The Morgan fingerprint density at radius 2 is 1.78 bits per heavy atom. The fourth-order valence-corrected chi connectivity index (χ4v) is 3.82. The van der Waals surface area contributed by atoms with E-state index in [1.165, 1.54) is 0 Å². The molecule has 1 aliphatic heterocycles. The highest BCUT2D eigenvalue weighted by atomic mass is 35.5. The van der Waals surface area contributed by atoms with Crippen molar-refractivity contribution in [2.75, 3.05) is 47.6 Å². The number of halogens is 1. The third-order valence-corrected chi connectivity index (χ3v) is 5.46. The molecule has 0 amide bonds. The second-order valence-corrected chi connectivity index (χ2v) is 8.11. The molecule has 32 heavy (non-hydrogen) atoms. The molecule has 1 fully saturated rings. The number of nitrogens with two attached hydrogens (primary N) is 2. The minimum atomic E-state index is 0.0204. The van der Waals surface area contributed by atoms with Crippen LogP contribution in [0.3, 0.4) is 0 Å². The Balaban J connectivity index is 1.40. The number of nitrogens with zero attached hydrogens (tertiary/aromatic N) is 6. The first-order chi connectivity index (χ1) is 15.4. The summed E-state index contributed by atoms with van der Waals surface area (Å²) in [6.07, 6.45) is 1.80. The predicted molar refractivity (Wildman–Crippen MR) is 135 cm³/mol. The molecular weight excluding hydrogens is 470 g/mol. The minimum absolute atomic E-state index is 0.0204. The van der Waals surface area contributed by atoms with Crippen molar-refractivity contribution in [3.63, 3.8) is 0 Å². The molecule has 3 aromatic rings. The van der Waals surface area contributed by atoms with Gasteiger partial charge in [-0.2, -0.15) is 15.0 Å². The van der Waals surface area contributed by atoms with Gasteiger partial charge in [0.25, 0.3) is 0 Å². The van der Waals surface area contributed by atoms with Crippen LogP contribution in [0.25, 0.3) is 10.9 Å². The number of fused-ring (bicyclic) bond motifs is 1. The van der Waals surface area contributed by atoms with Crippen molar-refractivity contribution in [2.24, 2.45) is 5.73 Å². The maximum absolute atomic E-state index is 6.11. The number of rotatable bonds is 4. The molecule has 0 atom stereocenters. The van der Waals surface area contributed by atoms with Crippen LogP contribution in [0.15, 0.2) is 30.5 Å². The molecule has 1 saturated heterocycles. The molecule has 2 aromatic heterocycles. The first kappa shape index (κ1) is 21.9. The Morgan fingerprint density at radius 3 is 2.53 bits per heavy atom. The molecule has 14 heteroatoms. The van der Waals surface area contributed by atoms with Crippen molar-refractivity contribution in [2.45, 2.75) is 0 Å². The molecule has 3 heterocycles. The molecule has 0 unspecified atom stereocenters. The molecule has 1 aliphatic rings. The molecule has 0 saturated carbocycles. The van der Waals surface area contributed by atoms with Crippen molar-refractivity contribution >= 4 is 80.7 Å². The number of benzene rings is 1. The number of nitrogen functional groups attached to an aromatic ring is 1. The van der Waals surface area contributed by atoms with Gasteiger partial charge in [0.05, 0.1) is 5.52 Å². The summed E-state index contributed by atoms with van der Waals surface area (Å²) >= 11 is 16.4. The third kappa shape index (κ3) is 5.12. The summed E-state index contributed by atoms with van der Waals surface area (Å²) in [4.78, 5) is 21.0. The van der Waals surface area contributed by atoms with Gasteiger partial charge in [0, 0.05) is 48.5 Å². The number of hydrogen-bond donors (Lipinski definition) is 5. The van der Waals surface area contributed by atoms with Gasteiger partial charge >= 0.3 is 0 Å². The molecular formula is C18H20ClN11S2. The lowest BCUT2D eigenvalue weighted by Gasteiger charge is -2.37. The van der Waals surface area contributed by atoms with Crippen molar-refractivity contribution in [3.8, 4) is 0 Å². The lowest BCUT2D eigenvalue weighted by molar-refractivity contribution is 0.391. The van der Waals surface area contributed by atoms with Gasteiger partial charge in [0.2, 0.25) is 17.8 Å². The quantitative estimate of drug-likeness (QED) is 0.265. The number of aromatic nitrogens is 4. The van der Waals surface area contributed by atoms with Crippen LogP contribution in [0, 0.1) is 0 Å². The van der Waals surface area contributed by atoms with Crippen LogP contribution in [0.4, 0.5) is 23.5 Å². The smallest absolute Gasteiger partial charge is 0.248 e. The summed E-state index contributed by atoms with van der Waals surface area (Å²) in [5.74, 6) is 0.395. The molecule has 0 bridgehead atoms. The van der Waals surface area contributed by atoms with Gasteiger partial charge in [-0.15, -0.1) is 0 Å². The highest BCUT2D eigenvalue weighted by molar-refractivity contribution is 7.80. The molecule has 7 N–H and O–H groups in total. The van der Waals surface area contributed by atoms with Crippen LogP contribution in [0.1, 0.15) is 0 Å². The van der Waals surface area contributed by atoms with Crippen LogP contribution in [0.2, 0.25) is 5.02 Å². The molecule has 11 nitrogen and oxygen atoms in total. The Bertz CT molecular complexity index is 1170. The second kappa shape index (κ2) is 9.46. The van der Waals surface area contributed by atoms with E-state index in [2.05, 4.69) is 41.0 Å². The fraction of sp³-hybridized carbons (Fsp3) is 0.222. The van der Waals surface area contributed by atoms with Crippen molar-refractivity contribution in [1.29, 1.82) is 0 Å². The zero-order valence-electron chi connectivity index (χ0n) is 16.7. The number of thiocarbonyl (C=S) groups is 2. The Morgan fingerprint density at radius 1 is 1.03 bits per heavy atom. The highest BCUT2D eigenvalue weighted by Crippen LogP contribution is 2.28. The molecule has 4 rings (SSSR count). The largest absolute Gasteiger partial charge is 0.375 e. The molecule has 1 aromatic carbocycles. The van der Waals surface area contributed by atoms with Gasteiger partial charge in [0.1, 0.15) is 0 Å². The summed E-state index contributed by atoms with van der Waals surface area (Å²) in [5.41, 5.74) is 18.3. The molecule has 166 valence electrons. The van der Waals surface area contributed by atoms with E-state index >= 15 is 0 Å². The van der Waals surface area contributed by atoms with Crippen LogP contribution in [0.5, 0.6) is 0 Å². The van der Waals surface area contributed by atoms with Gasteiger partial charge in [-0.05, 0) is 48.7 Å². The van der Waals surface area contributed by atoms with Crippen molar-refractivity contribution in [1.82, 2.24) is 30.3 Å². The van der Waals surface area contributed by atoms with Crippen LogP contribution >= 0.6 is 36.0 Å². The van der Waals surface area contributed by atoms with Crippen molar-refractivity contribution < 1.29 is 0 Å². The highest BCUT2D eigenvalue weighted by Gasteiger charge is 2.21. The first-order valence-electron chi connectivity index (χ1n) is 9.57. The van der Waals surface area contributed by atoms with Crippen LogP contribution in [-0.2, 0) is 0 Å². The fourth-order valence-electron chi connectivity index (χ4n) is 3.33. The number of piperazine rings is 1. The van der Waals surface area contributed by atoms with Crippen LogP contribution in [-0.4, -0.2) is 61.2 Å². The number of anilines is 4. The maximum atomic E-state index is 6.11. The first-order valence-corrected chi connectivity index (χ1v) is 10.8. The topological polar surface area (TPSA) is 146 Å². The maximum Gasteiger partial charge on any atom is 0.248 e. The lowest BCUT2D eigenvalue weighted by atomic mass is 10.1. The normalized spacial score (nSPS) is 13.7. The van der Waals surface area contributed by atoms with E-state index in [-0.39, 0.29) is 23.0 Å². The van der Waals surface area contributed by atoms with E-state index in [0.29, 0.717) is 10.1 Å². The van der Waals surface area contributed by atoms with Crippen molar-refractivity contribution in [3.05, 3.63) is 35.5 Å². The number of hydrazine groups is 1. The van der Waals surface area contributed by atoms with E-state index in [4.69, 9.17) is 47.5 Å². The summed E-state index contributed by atoms with van der Waals surface area (Å²) in [6.45, 7) is 3.01. The Kier molecular flexibility index (Phi) is 6.48. The number of pyridine rings is 1. The predicted octanol–water partition coefficient (Wildman–Crippen LogP) is 1.33. The van der Waals surface area contributed by atoms with Gasteiger partial charge < -0.3 is 26.6 Å². The van der Waals surface area contributed by atoms with Gasteiger partial charge in [-0.25, -0.2) is 0 Å². The standard InChI is InChI=1S/C18H20ClN11S2/c19-10-1-2-11-12(9-10)22-4-3-13(11)29-5-7-30(8-6-29)18(32)26-16-23-14(20)24-17(25-16)28-27-15(21)31/h1-4,9H,5-8H2,(H3,21,27,31)(H4,20,23,24,25,26,28,32). The summed E-state index contributed by atoms with van der Waals surface area (Å²) in [5, 5.41) is 5.28.